The average molecular weight is 237 g/mol. The molecule has 0 amide bonds. The van der Waals surface area contributed by atoms with Crippen LogP contribution in [0.4, 0.5) is 0 Å². The minimum absolute atomic E-state index is 0.288. The highest BCUT2D eigenvalue weighted by molar-refractivity contribution is 7.89. The molecule has 2 atom stereocenters. The Morgan fingerprint density at radius 1 is 1.60 bits per heavy atom. The van der Waals surface area contributed by atoms with Crippen LogP contribution in [0.3, 0.4) is 0 Å². The molecule has 0 radical (unpaired) electrons. The van der Waals surface area contributed by atoms with Crippen molar-refractivity contribution in [2.24, 2.45) is 5.92 Å². The minimum Gasteiger partial charge on any atom is -0.395 e. The number of nitrogens with zero attached hydrogens (tertiary/aromatic N) is 1. The predicted octanol–water partition coefficient (Wildman–Crippen LogP) is -0.335. The number of sulfonamides is 1. The highest BCUT2D eigenvalue weighted by atomic mass is 32.2. The molecule has 15 heavy (non-hydrogen) atoms. The molecule has 6 heteroatoms. The Morgan fingerprint density at radius 2 is 2.27 bits per heavy atom. The van der Waals surface area contributed by atoms with Crippen LogP contribution < -0.4 is 0 Å². The summed E-state index contributed by atoms with van der Waals surface area (Å²) >= 11 is 0. The Bertz CT molecular complexity index is 290. The molecule has 1 aliphatic heterocycles. The lowest BCUT2D eigenvalue weighted by Crippen LogP contribution is -2.37. The van der Waals surface area contributed by atoms with Gasteiger partial charge in [0.25, 0.3) is 0 Å². The van der Waals surface area contributed by atoms with Crippen molar-refractivity contribution in [2.75, 3.05) is 33.4 Å². The maximum Gasteiger partial charge on any atom is 0.218 e. The highest BCUT2D eigenvalue weighted by Crippen LogP contribution is 2.21. The molecule has 0 spiro atoms. The summed E-state index contributed by atoms with van der Waals surface area (Å²) in [5, 5.41) is 8.16. The van der Waals surface area contributed by atoms with Crippen molar-refractivity contribution in [3.8, 4) is 0 Å². The SMILES string of the molecule is COCC1CCN(S(=O)(=O)C(C)CO)C1. The minimum atomic E-state index is -3.31. The first-order chi connectivity index (χ1) is 7.02. The summed E-state index contributed by atoms with van der Waals surface area (Å²) in [6.45, 7) is 2.85. The summed E-state index contributed by atoms with van der Waals surface area (Å²) in [7, 11) is -1.69. The molecule has 1 rings (SSSR count). The zero-order valence-corrected chi connectivity index (χ0v) is 10.0. The first kappa shape index (κ1) is 12.9. The van der Waals surface area contributed by atoms with E-state index in [9.17, 15) is 8.42 Å². The smallest absolute Gasteiger partial charge is 0.218 e. The Morgan fingerprint density at radius 3 is 2.80 bits per heavy atom. The zero-order chi connectivity index (χ0) is 11.5. The van der Waals surface area contributed by atoms with E-state index in [0.29, 0.717) is 19.7 Å². The van der Waals surface area contributed by atoms with Crippen molar-refractivity contribution in [1.29, 1.82) is 0 Å². The summed E-state index contributed by atoms with van der Waals surface area (Å²) in [4.78, 5) is 0. The van der Waals surface area contributed by atoms with Gasteiger partial charge in [-0.2, -0.15) is 0 Å². The van der Waals surface area contributed by atoms with Crippen LogP contribution in [0, 0.1) is 5.92 Å². The topological polar surface area (TPSA) is 66.8 Å². The Labute approximate surface area is 91.1 Å². The lowest BCUT2D eigenvalue weighted by Gasteiger charge is -2.20. The molecule has 0 aromatic heterocycles. The molecule has 2 unspecified atom stereocenters. The molecule has 1 heterocycles. The van der Waals surface area contributed by atoms with E-state index in [-0.39, 0.29) is 12.5 Å². The first-order valence-electron chi connectivity index (χ1n) is 5.11. The second kappa shape index (κ2) is 5.25. The molecule has 0 aromatic rings. The second-order valence-corrected chi connectivity index (χ2v) is 6.36. The standard InChI is InChI=1S/C9H19NO4S/c1-8(6-11)15(12,13)10-4-3-9(5-10)7-14-2/h8-9,11H,3-7H2,1-2H3. The van der Waals surface area contributed by atoms with Gasteiger partial charge in [-0.05, 0) is 19.3 Å². The molecule has 90 valence electrons. The van der Waals surface area contributed by atoms with Crippen molar-refractivity contribution < 1.29 is 18.3 Å². The average Bonchev–Trinajstić information content (AvgIpc) is 2.66. The second-order valence-electron chi connectivity index (χ2n) is 4.01. The van der Waals surface area contributed by atoms with Crippen molar-refractivity contribution >= 4 is 10.0 Å². The lowest BCUT2D eigenvalue weighted by molar-refractivity contribution is 0.157. The third-order valence-corrected chi connectivity index (χ3v) is 4.99. The quantitative estimate of drug-likeness (QED) is 0.710. The Kier molecular flexibility index (Phi) is 4.51. The third kappa shape index (κ3) is 2.90. The fourth-order valence-electron chi connectivity index (χ4n) is 1.75. The predicted molar refractivity (Wildman–Crippen MR) is 57.0 cm³/mol. The van der Waals surface area contributed by atoms with Crippen LogP contribution in [0.2, 0.25) is 0 Å². The largest absolute Gasteiger partial charge is 0.395 e. The summed E-state index contributed by atoms with van der Waals surface area (Å²) in [6.07, 6.45) is 0.839. The molecule has 0 bridgehead atoms. The molecule has 1 N–H and O–H groups in total. The Balaban J connectivity index is 2.60. The van der Waals surface area contributed by atoms with Gasteiger partial charge in [-0.15, -0.1) is 0 Å². The van der Waals surface area contributed by atoms with Crippen LogP contribution >= 0.6 is 0 Å². The van der Waals surface area contributed by atoms with E-state index in [2.05, 4.69) is 0 Å². The molecule has 0 saturated carbocycles. The first-order valence-corrected chi connectivity index (χ1v) is 6.61. The molecule has 0 aliphatic carbocycles. The van der Waals surface area contributed by atoms with Crippen LogP contribution in [0.1, 0.15) is 13.3 Å². The van der Waals surface area contributed by atoms with Gasteiger partial charge in [0.2, 0.25) is 10.0 Å². The number of methoxy groups -OCH3 is 1. The number of ether oxygens (including phenoxy) is 1. The molecule has 1 fully saturated rings. The van der Waals surface area contributed by atoms with Crippen LogP contribution in [0.15, 0.2) is 0 Å². The van der Waals surface area contributed by atoms with Gasteiger partial charge in [0.15, 0.2) is 0 Å². The van der Waals surface area contributed by atoms with Gasteiger partial charge >= 0.3 is 0 Å². The van der Waals surface area contributed by atoms with Crippen molar-refractivity contribution in [2.45, 2.75) is 18.6 Å². The molecule has 5 nitrogen and oxygen atoms in total. The van der Waals surface area contributed by atoms with Crippen LogP contribution in [0.25, 0.3) is 0 Å². The maximum atomic E-state index is 11.8. The van der Waals surface area contributed by atoms with Gasteiger partial charge in [0.05, 0.1) is 18.5 Å². The van der Waals surface area contributed by atoms with Gasteiger partial charge in [-0.25, -0.2) is 12.7 Å². The van der Waals surface area contributed by atoms with Crippen molar-refractivity contribution in [1.82, 2.24) is 4.31 Å². The summed E-state index contributed by atoms with van der Waals surface area (Å²) in [6, 6.07) is 0. The summed E-state index contributed by atoms with van der Waals surface area (Å²) < 4.78 is 30.1. The molecular formula is C9H19NO4S. The number of hydrogen-bond acceptors (Lipinski definition) is 4. The van der Waals surface area contributed by atoms with E-state index in [0.717, 1.165) is 6.42 Å². The fraction of sp³-hybridized carbons (Fsp3) is 1.00. The number of aliphatic hydroxyl groups excluding tert-OH is 1. The Hall–Kier alpha value is -0.170. The molecule has 0 aromatic carbocycles. The summed E-state index contributed by atoms with van der Waals surface area (Å²) in [5.74, 6) is 0.288. The van der Waals surface area contributed by atoms with E-state index >= 15 is 0 Å². The van der Waals surface area contributed by atoms with Gasteiger partial charge in [0.1, 0.15) is 0 Å². The van der Waals surface area contributed by atoms with E-state index in [1.54, 1.807) is 7.11 Å². The highest BCUT2D eigenvalue weighted by Gasteiger charge is 2.34. The number of rotatable bonds is 5. The monoisotopic (exact) mass is 237 g/mol. The molecule has 1 saturated heterocycles. The number of aliphatic hydroxyl groups is 1. The van der Waals surface area contributed by atoms with E-state index in [1.165, 1.54) is 11.2 Å². The summed E-state index contributed by atoms with van der Waals surface area (Å²) in [5.41, 5.74) is 0. The third-order valence-electron chi connectivity index (χ3n) is 2.78. The molecule has 1 aliphatic rings. The normalized spacial score (nSPS) is 25.7. The van der Waals surface area contributed by atoms with Gasteiger partial charge in [-0.3, -0.25) is 0 Å². The number of hydrogen-bond donors (Lipinski definition) is 1. The van der Waals surface area contributed by atoms with Gasteiger partial charge < -0.3 is 9.84 Å². The fourth-order valence-corrected chi connectivity index (χ4v) is 3.22. The van der Waals surface area contributed by atoms with Crippen LogP contribution in [0.5, 0.6) is 0 Å². The maximum absolute atomic E-state index is 11.8. The van der Waals surface area contributed by atoms with E-state index in [1.807, 2.05) is 0 Å². The van der Waals surface area contributed by atoms with Crippen LogP contribution in [-0.2, 0) is 14.8 Å². The van der Waals surface area contributed by atoms with Gasteiger partial charge in [-0.1, -0.05) is 0 Å². The van der Waals surface area contributed by atoms with Crippen LogP contribution in [-0.4, -0.2) is 56.5 Å². The zero-order valence-electron chi connectivity index (χ0n) is 9.22. The van der Waals surface area contributed by atoms with Crippen molar-refractivity contribution in [3.63, 3.8) is 0 Å². The van der Waals surface area contributed by atoms with E-state index in [4.69, 9.17) is 9.84 Å². The van der Waals surface area contributed by atoms with Gasteiger partial charge in [0, 0.05) is 20.2 Å². The molecular weight excluding hydrogens is 218 g/mol. The van der Waals surface area contributed by atoms with E-state index < -0.39 is 15.3 Å². The lowest BCUT2D eigenvalue weighted by atomic mass is 10.1. The van der Waals surface area contributed by atoms with Crippen molar-refractivity contribution in [3.05, 3.63) is 0 Å².